The Morgan fingerprint density at radius 3 is 2.25 bits per heavy atom. The number of ether oxygens (including phenoxy) is 4. The van der Waals surface area contributed by atoms with Crippen molar-refractivity contribution in [2.45, 2.75) is 18.2 Å². The van der Waals surface area contributed by atoms with Crippen molar-refractivity contribution in [1.82, 2.24) is 4.90 Å². The van der Waals surface area contributed by atoms with Crippen molar-refractivity contribution in [2.75, 3.05) is 33.8 Å². The third kappa shape index (κ3) is 6.73. The van der Waals surface area contributed by atoms with Crippen LogP contribution in [0.5, 0.6) is 17.2 Å². The van der Waals surface area contributed by atoms with E-state index in [4.69, 9.17) is 23.9 Å². The number of aliphatic imine (C=N–C) groups is 1. The number of amidine groups is 1. The molecule has 0 spiro atoms. The minimum absolute atomic E-state index is 0.0222. The van der Waals surface area contributed by atoms with Crippen molar-refractivity contribution in [3.8, 4) is 17.2 Å². The highest BCUT2D eigenvalue weighted by Crippen LogP contribution is 2.33. The second kappa shape index (κ2) is 13.0. The molecule has 1 unspecified atom stereocenters. The highest BCUT2D eigenvalue weighted by atomic mass is 32.2. The number of benzene rings is 3. The van der Waals surface area contributed by atoms with Gasteiger partial charge >= 0.3 is 5.97 Å². The number of thioether (sulfide) groups is 1. The van der Waals surface area contributed by atoms with Gasteiger partial charge in [0, 0.05) is 12.1 Å². The molecule has 0 aliphatic carbocycles. The topological polar surface area (TPSA) is 116 Å². The van der Waals surface area contributed by atoms with Gasteiger partial charge in [0.2, 0.25) is 11.8 Å². The molecule has 0 bridgehead atoms. The van der Waals surface area contributed by atoms with Gasteiger partial charge in [-0.3, -0.25) is 14.5 Å². The second-order valence-electron chi connectivity index (χ2n) is 8.63. The van der Waals surface area contributed by atoms with E-state index in [-0.39, 0.29) is 24.8 Å². The van der Waals surface area contributed by atoms with E-state index in [0.717, 1.165) is 5.56 Å². The summed E-state index contributed by atoms with van der Waals surface area (Å²) in [5.41, 5.74) is 2.27. The van der Waals surface area contributed by atoms with Crippen LogP contribution in [0.3, 0.4) is 0 Å². The number of amides is 2. The molecule has 11 heteroatoms. The largest absolute Gasteiger partial charge is 0.497 e. The fourth-order valence-corrected chi connectivity index (χ4v) is 5.05. The van der Waals surface area contributed by atoms with E-state index in [1.807, 2.05) is 6.07 Å². The lowest BCUT2D eigenvalue weighted by Crippen LogP contribution is -2.44. The van der Waals surface area contributed by atoms with Gasteiger partial charge in [-0.2, -0.15) is 0 Å². The highest BCUT2D eigenvalue weighted by Gasteiger charge is 2.36. The summed E-state index contributed by atoms with van der Waals surface area (Å²) in [5.74, 6) is 0.726. The smallest absolute Gasteiger partial charge is 0.337 e. The number of nitrogens with zero attached hydrogens (tertiary/aromatic N) is 2. The van der Waals surface area contributed by atoms with Crippen LogP contribution in [-0.2, 0) is 20.9 Å². The Balaban J connectivity index is 1.58. The average Bonchev–Trinajstić information content (AvgIpc) is 2.98. The number of hydrogen-bond donors (Lipinski definition) is 1. The lowest BCUT2D eigenvalue weighted by atomic mass is 10.1. The van der Waals surface area contributed by atoms with E-state index >= 15 is 0 Å². The Morgan fingerprint density at radius 1 is 0.925 bits per heavy atom. The van der Waals surface area contributed by atoms with Crippen molar-refractivity contribution in [3.63, 3.8) is 0 Å². The zero-order valence-corrected chi connectivity index (χ0v) is 23.3. The first kappa shape index (κ1) is 28.5. The van der Waals surface area contributed by atoms with Crippen LogP contribution >= 0.6 is 11.8 Å². The number of methoxy groups -OCH3 is 4. The van der Waals surface area contributed by atoms with Gasteiger partial charge in [-0.25, -0.2) is 9.79 Å². The predicted molar refractivity (Wildman–Crippen MR) is 153 cm³/mol. The van der Waals surface area contributed by atoms with E-state index in [0.29, 0.717) is 39.4 Å². The van der Waals surface area contributed by atoms with E-state index in [2.05, 4.69) is 5.32 Å². The number of carbonyl (C=O) groups excluding carboxylic acids is 3. The second-order valence-corrected chi connectivity index (χ2v) is 9.80. The maximum absolute atomic E-state index is 13.4. The maximum atomic E-state index is 13.4. The zero-order valence-electron chi connectivity index (χ0n) is 22.5. The summed E-state index contributed by atoms with van der Waals surface area (Å²) in [6.45, 7) is 0.227. The maximum Gasteiger partial charge on any atom is 0.337 e. The number of anilines is 1. The summed E-state index contributed by atoms with van der Waals surface area (Å²) in [4.78, 5) is 44.6. The number of rotatable bonds is 9. The van der Waals surface area contributed by atoms with E-state index in [1.54, 1.807) is 86.9 Å². The minimum atomic E-state index is -0.716. The van der Waals surface area contributed by atoms with E-state index in [1.165, 1.54) is 18.9 Å². The van der Waals surface area contributed by atoms with Crippen LogP contribution < -0.4 is 19.5 Å². The summed E-state index contributed by atoms with van der Waals surface area (Å²) >= 11 is 1.21. The van der Waals surface area contributed by atoms with Gasteiger partial charge in [0.05, 0.1) is 46.2 Å². The number of hydrogen-bond acceptors (Lipinski definition) is 9. The van der Waals surface area contributed by atoms with Crippen LogP contribution in [0, 0.1) is 0 Å². The quantitative estimate of drug-likeness (QED) is 0.374. The summed E-state index contributed by atoms with van der Waals surface area (Å²) in [5, 5.41) is 2.49. The Morgan fingerprint density at radius 2 is 1.62 bits per heavy atom. The first-order chi connectivity index (χ1) is 19.3. The van der Waals surface area contributed by atoms with Crippen molar-refractivity contribution < 1.29 is 33.3 Å². The molecule has 1 N–H and O–H groups in total. The molecule has 10 nitrogen and oxygen atoms in total. The molecule has 4 rings (SSSR count). The summed E-state index contributed by atoms with van der Waals surface area (Å²) in [6.07, 6.45) is -0.0222. The lowest BCUT2D eigenvalue weighted by molar-refractivity contribution is -0.129. The monoisotopic (exact) mass is 563 g/mol. The van der Waals surface area contributed by atoms with Gasteiger partial charge in [0.25, 0.3) is 0 Å². The van der Waals surface area contributed by atoms with Crippen LogP contribution in [0.4, 0.5) is 11.4 Å². The van der Waals surface area contributed by atoms with Crippen molar-refractivity contribution in [1.29, 1.82) is 0 Å². The molecular formula is C29H29N3O7S. The van der Waals surface area contributed by atoms with Crippen LogP contribution in [0.2, 0.25) is 0 Å². The summed E-state index contributed by atoms with van der Waals surface area (Å²) in [7, 11) is 5.98. The van der Waals surface area contributed by atoms with E-state index in [9.17, 15) is 14.4 Å². The van der Waals surface area contributed by atoms with E-state index < -0.39 is 11.2 Å². The first-order valence-corrected chi connectivity index (χ1v) is 13.1. The third-order valence-corrected chi connectivity index (χ3v) is 7.28. The SMILES string of the molecule is COC(=O)c1ccc(NC(=O)C2CC(=O)N(Cc3ccc(OC)c(OC)c3)C(=Nc3ccc(OC)cc3)S2)cc1. The van der Waals surface area contributed by atoms with Crippen molar-refractivity contribution in [3.05, 3.63) is 77.9 Å². The predicted octanol–water partition coefficient (Wildman–Crippen LogP) is 4.66. The molecule has 1 heterocycles. The van der Waals surface area contributed by atoms with Gasteiger partial charge in [-0.1, -0.05) is 17.8 Å². The van der Waals surface area contributed by atoms with Crippen molar-refractivity contribution >= 4 is 46.1 Å². The van der Waals surface area contributed by atoms with Crippen LogP contribution in [0.15, 0.2) is 71.7 Å². The molecular weight excluding hydrogens is 534 g/mol. The van der Waals surface area contributed by atoms with Crippen LogP contribution in [0.25, 0.3) is 0 Å². The van der Waals surface area contributed by atoms with Crippen molar-refractivity contribution in [2.24, 2.45) is 4.99 Å². The molecule has 1 fully saturated rings. The molecule has 40 heavy (non-hydrogen) atoms. The minimum Gasteiger partial charge on any atom is -0.497 e. The Labute approximate surface area is 236 Å². The normalized spacial score (nSPS) is 15.9. The molecule has 3 aromatic carbocycles. The molecule has 0 saturated carbocycles. The van der Waals surface area contributed by atoms with Gasteiger partial charge in [0.1, 0.15) is 11.0 Å². The van der Waals surface area contributed by atoms with Gasteiger partial charge < -0.3 is 24.3 Å². The molecule has 1 saturated heterocycles. The Bertz CT molecular complexity index is 1410. The zero-order chi connectivity index (χ0) is 28.6. The molecule has 3 aromatic rings. The molecule has 1 atom stereocenters. The van der Waals surface area contributed by atoms with Gasteiger partial charge in [-0.15, -0.1) is 0 Å². The first-order valence-electron chi connectivity index (χ1n) is 12.2. The fourth-order valence-electron chi connectivity index (χ4n) is 3.96. The third-order valence-electron chi connectivity index (χ3n) is 6.09. The lowest BCUT2D eigenvalue weighted by Gasteiger charge is -2.32. The molecule has 1 aliphatic rings. The number of carbonyl (C=O) groups is 3. The van der Waals surface area contributed by atoms with Crippen LogP contribution in [0.1, 0.15) is 22.3 Å². The Hall–Kier alpha value is -4.51. The van der Waals surface area contributed by atoms with Gasteiger partial charge in [0.15, 0.2) is 16.7 Å². The molecule has 1 aliphatic heterocycles. The highest BCUT2D eigenvalue weighted by molar-refractivity contribution is 8.15. The molecule has 0 aromatic heterocycles. The molecule has 208 valence electrons. The standard InChI is InChI=1S/C29H29N3O7S/c1-36-22-12-10-21(11-13-22)31-29-32(17-18-5-14-23(37-2)24(15-18)38-3)26(33)16-25(40-29)27(34)30-20-8-6-19(7-9-20)28(35)39-4/h5-15,25H,16-17H2,1-4H3,(H,30,34). The van der Waals surface area contributed by atoms with Crippen LogP contribution in [-0.4, -0.2) is 61.5 Å². The van der Waals surface area contributed by atoms with Gasteiger partial charge in [-0.05, 0) is 66.2 Å². The fraction of sp³-hybridized carbons (Fsp3) is 0.241. The molecule has 2 amide bonds. The number of nitrogens with one attached hydrogen (secondary N) is 1. The number of esters is 1. The summed E-state index contributed by atoms with van der Waals surface area (Å²) in [6, 6.07) is 18.9. The Kier molecular flexibility index (Phi) is 9.28. The summed E-state index contributed by atoms with van der Waals surface area (Å²) < 4.78 is 20.7. The average molecular weight is 564 g/mol. The molecule has 0 radical (unpaired) electrons.